The van der Waals surface area contributed by atoms with E-state index in [1.54, 1.807) is 6.92 Å². The van der Waals surface area contributed by atoms with Gasteiger partial charge in [0, 0.05) is 0 Å². The molecule has 1 aliphatic carbocycles. The molecule has 3 unspecified atom stereocenters. The van der Waals surface area contributed by atoms with Crippen LogP contribution in [-0.2, 0) is 4.79 Å². The van der Waals surface area contributed by atoms with Gasteiger partial charge in [-0.2, -0.15) is 0 Å². The van der Waals surface area contributed by atoms with E-state index in [0.29, 0.717) is 18.8 Å². The first-order valence-electron chi connectivity index (χ1n) is 5.88. The molecule has 0 aromatic heterocycles. The summed E-state index contributed by atoms with van der Waals surface area (Å²) in [7, 11) is 0. The predicted octanol–water partition coefficient (Wildman–Crippen LogP) is 2.43. The van der Waals surface area contributed by atoms with E-state index in [4.69, 9.17) is 0 Å². The van der Waals surface area contributed by atoms with E-state index in [1.165, 1.54) is 0 Å². The molecule has 0 spiro atoms. The highest BCUT2D eigenvalue weighted by Crippen LogP contribution is 2.43. The Balaban J connectivity index is 2.65. The lowest BCUT2D eigenvalue weighted by atomic mass is 9.67. The molecule has 15 heavy (non-hydrogen) atoms. The monoisotopic (exact) mass is 214 g/mol. The van der Waals surface area contributed by atoms with E-state index in [9.17, 15) is 15.0 Å². The van der Waals surface area contributed by atoms with Gasteiger partial charge < -0.3 is 10.2 Å². The van der Waals surface area contributed by atoms with Crippen molar-refractivity contribution < 1.29 is 15.0 Å². The zero-order valence-corrected chi connectivity index (χ0v) is 9.70. The molecule has 0 amide bonds. The van der Waals surface area contributed by atoms with Crippen LogP contribution in [0.25, 0.3) is 0 Å². The van der Waals surface area contributed by atoms with Gasteiger partial charge in [-0.15, -0.1) is 0 Å². The van der Waals surface area contributed by atoms with Crippen LogP contribution >= 0.6 is 0 Å². The fraction of sp³-hybridized carbons (Fsp3) is 0.917. The number of aliphatic hydroxyl groups is 1. The highest BCUT2D eigenvalue weighted by atomic mass is 16.4. The molecule has 3 nitrogen and oxygen atoms in total. The van der Waals surface area contributed by atoms with Crippen molar-refractivity contribution in [2.24, 2.45) is 11.3 Å². The number of aliphatic hydroxyl groups excluding tert-OH is 1. The normalized spacial score (nSPS) is 33.7. The molecule has 0 aromatic rings. The van der Waals surface area contributed by atoms with Crippen LogP contribution in [0.15, 0.2) is 0 Å². The molecule has 0 aliphatic heterocycles. The number of hydrogen-bond acceptors (Lipinski definition) is 2. The molecular weight excluding hydrogens is 192 g/mol. The SMILES string of the molecule is CC(O)CCC1(C(=O)O)CCCC(C)C1. The second-order valence-corrected chi connectivity index (χ2v) is 5.17. The maximum absolute atomic E-state index is 11.4. The van der Waals surface area contributed by atoms with Crippen LogP contribution in [0.3, 0.4) is 0 Å². The summed E-state index contributed by atoms with van der Waals surface area (Å²) in [6.45, 7) is 3.85. The summed E-state index contributed by atoms with van der Waals surface area (Å²) in [6, 6.07) is 0. The van der Waals surface area contributed by atoms with Gasteiger partial charge in [0.2, 0.25) is 0 Å². The molecule has 0 bridgehead atoms. The first-order chi connectivity index (χ1) is 6.96. The first-order valence-corrected chi connectivity index (χ1v) is 5.88. The quantitative estimate of drug-likeness (QED) is 0.755. The van der Waals surface area contributed by atoms with Gasteiger partial charge >= 0.3 is 5.97 Å². The van der Waals surface area contributed by atoms with Gasteiger partial charge in [0.05, 0.1) is 11.5 Å². The highest BCUT2D eigenvalue weighted by molar-refractivity contribution is 5.74. The smallest absolute Gasteiger partial charge is 0.309 e. The number of carbonyl (C=O) groups is 1. The highest BCUT2D eigenvalue weighted by Gasteiger charge is 2.41. The molecule has 3 heteroatoms. The number of hydrogen-bond donors (Lipinski definition) is 2. The molecule has 1 fully saturated rings. The summed E-state index contributed by atoms with van der Waals surface area (Å²) in [5.41, 5.74) is -0.561. The van der Waals surface area contributed by atoms with Crippen molar-refractivity contribution in [1.82, 2.24) is 0 Å². The van der Waals surface area contributed by atoms with Crippen molar-refractivity contribution in [1.29, 1.82) is 0 Å². The second kappa shape index (κ2) is 4.97. The van der Waals surface area contributed by atoms with E-state index >= 15 is 0 Å². The lowest BCUT2D eigenvalue weighted by Gasteiger charge is -2.36. The Hall–Kier alpha value is -0.570. The third-order valence-corrected chi connectivity index (χ3v) is 3.59. The van der Waals surface area contributed by atoms with Crippen LogP contribution in [0.4, 0.5) is 0 Å². The van der Waals surface area contributed by atoms with Crippen molar-refractivity contribution in [3.63, 3.8) is 0 Å². The number of aliphatic carboxylic acids is 1. The van der Waals surface area contributed by atoms with Gasteiger partial charge in [0.15, 0.2) is 0 Å². The van der Waals surface area contributed by atoms with Gasteiger partial charge in [0.1, 0.15) is 0 Å². The lowest BCUT2D eigenvalue weighted by Crippen LogP contribution is -2.36. The largest absolute Gasteiger partial charge is 0.481 e. The third kappa shape index (κ3) is 3.20. The molecule has 88 valence electrons. The minimum absolute atomic E-state index is 0.390. The Bertz CT molecular complexity index is 225. The maximum atomic E-state index is 11.4. The van der Waals surface area contributed by atoms with E-state index in [0.717, 1.165) is 25.7 Å². The molecule has 0 heterocycles. The Morgan fingerprint density at radius 3 is 2.73 bits per heavy atom. The molecule has 1 rings (SSSR count). The fourth-order valence-corrected chi connectivity index (χ4v) is 2.67. The molecule has 0 aromatic carbocycles. The molecule has 2 N–H and O–H groups in total. The Kier molecular flexibility index (Phi) is 4.14. The molecule has 3 atom stereocenters. The van der Waals surface area contributed by atoms with Gasteiger partial charge in [0.25, 0.3) is 0 Å². The average molecular weight is 214 g/mol. The summed E-state index contributed by atoms with van der Waals surface area (Å²) in [4.78, 5) is 11.4. The van der Waals surface area contributed by atoms with Crippen molar-refractivity contribution in [3.8, 4) is 0 Å². The Morgan fingerprint density at radius 1 is 1.60 bits per heavy atom. The number of carboxylic acid groups (broad SMARTS) is 1. The number of rotatable bonds is 4. The maximum Gasteiger partial charge on any atom is 0.309 e. The molecule has 1 aliphatic rings. The van der Waals surface area contributed by atoms with Crippen LogP contribution in [0.5, 0.6) is 0 Å². The fourth-order valence-electron chi connectivity index (χ4n) is 2.67. The van der Waals surface area contributed by atoms with Crippen LogP contribution in [0.2, 0.25) is 0 Å². The first kappa shape index (κ1) is 12.5. The van der Waals surface area contributed by atoms with Crippen LogP contribution < -0.4 is 0 Å². The zero-order chi connectivity index (χ0) is 11.5. The summed E-state index contributed by atoms with van der Waals surface area (Å²) in [6.07, 6.45) is 4.52. The van der Waals surface area contributed by atoms with Crippen molar-refractivity contribution >= 4 is 5.97 Å². The molecule has 0 radical (unpaired) electrons. The summed E-state index contributed by atoms with van der Waals surface area (Å²) in [5, 5.41) is 18.6. The van der Waals surface area contributed by atoms with Crippen molar-refractivity contribution in [3.05, 3.63) is 0 Å². The summed E-state index contributed by atoms with van der Waals surface area (Å²) < 4.78 is 0. The zero-order valence-electron chi connectivity index (χ0n) is 9.70. The van der Waals surface area contributed by atoms with Crippen molar-refractivity contribution in [2.75, 3.05) is 0 Å². The summed E-state index contributed by atoms with van der Waals surface area (Å²) in [5.74, 6) is -0.168. The van der Waals surface area contributed by atoms with Crippen LogP contribution in [0.1, 0.15) is 52.4 Å². The number of carboxylic acids is 1. The van der Waals surface area contributed by atoms with E-state index < -0.39 is 17.5 Å². The van der Waals surface area contributed by atoms with Gasteiger partial charge in [-0.3, -0.25) is 4.79 Å². The Labute approximate surface area is 91.5 Å². The topological polar surface area (TPSA) is 57.5 Å². The van der Waals surface area contributed by atoms with Crippen LogP contribution in [0, 0.1) is 11.3 Å². The van der Waals surface area contributed by atoms with Gasteiger partial charge in [-0.1, -0.05) is 19.8 Å². The predicted molar refractivity (Wildman–Crippen MR) is 58.6 cm³/mol. The van der Waals surface area contributed by atoms with Gasteiger partial charge in [-0.05, 0) is 38.5 Å². The van der Waals surface area contributed by atoms with E-state index in [2.05, 4.69) is 6.92 Å². The molecular formula is C12H22O3. The standard InChI is InChI=1S/C12H22O3/c1-9-4-3-6-12(8-9,11(14)15)7-5-10(2)13/h9-10,13H,3-8H2,1-2H3,(H,14,15). The summed E-state index contributed by atoms with van der Waals surface area (Å²) >= 11 is 0. The lowest BCUT2D eigenvalue weighted by molar-refractivity contribution is -0.153. The molecule has 0 saturated heterocycles. The van der Waals surface area contributed by atoms with Gasteiger partial charge in [-0.25, -0.2) is 0 Å². The average Bonchev–Trinajstić information content (AvgIpc) is 2.14. The van der Waals surface area contributed by atoms with E-state index in [1.807, 2.05) is 0 Å². The minimum atomic E-state index is -0.672. The minimum Gasteiger partial charge on any atom is -0.481 e. The third-order valence-electron chi connectivity index (χ3n) is 3.59. The van der Waals surface area contributed by atoms with E-state index in [-0.39, 0.29) is 0 Å². The molecule has 1 saturated carbocycles. The second-order valence-electron chi connectivity index (χ2n) is 5.17. The Morgan fingerprint density at radius 2 is 2.27 bits per heavy atom. The van der Waals surface area contributed by atoms with Crippen LogP contribution in [-0.4, -0.2) is 22.3 Å². The van der Waals surface area contributed by atoms with Crippen molar-refractivity contribution in [2.45, 2.75) is 58.5 Å².